The second-order valence-electron chi connectivity index (χ2n) is 3.92. The normalized spacial score (nSPS) is 10.1. The standard InChI is InChI=1S/C13H20N2O2/c1-10-3-4-12(11(9-10)5-7-14)17-8-6-13(16)15-2/h3-4,9H,5-8,14H2,1-2H3,(H,15,16). The lowest BCUT2D eigenvalue weighted by molar-refractivity contribution is -0.121. The molecule has 1 aromatic carbocycles. The highest BCUT2D eigenvalue weighted by molar-refractivity contribution is 5.75. The van der Waals surface area contributed by atoms with Gasteiger partial charge in [0.15, 0.2) is 0 Å². The fourth-order valence-corrected chi connectivity index (χ4v) is 1.58. The van der Waals surface area contributed by atoms with E-state index in [1.54, 1.807) is 7.05 Å². The van der Waals surface area contributed by atoms with Crippen molar-refractivity contribution >= 4 is 5.91 Å². The van der Waals surface area contributed by atoms with Crippen LogP contribution in [0.4, 0.5) is 0 Å². The van der Waals surface area contributed by atoms with Crippen molar-refractivity contribution in [3.8, 4) is 5.75 Å². The Kier molecular flexibility index (Phi) is 5.49. The molecule has 0 radical (unpaired) electrons. The lowest BCUT2D eigenvalue weighted by Crippen LogP contribution is -2.20. The van der Waals surface area contributed by atoms with Crippen LogP contribution >= 0.6 is 0 Å². The first-order chi connectivity index (χ1) is 8.17. The van der Waals surface area contributed by atoms with E-state index in [0.717, 1.165) is 17.7 Å². The molecule has 1 aromatic rings. The minimum absolute atomic E-state index is 0.0162. The van der Waals surface area contributed by atoms with Crippen LogP contribution < -0.4 is 15.8 Å². The van der Waals surface area contributed by atoms with Crippen LogP contribution in [0.25, 0.3) is 0 Å². The third-order valence-electron chi connectivity index (χ3n) is 2.50. The van der Waals surface area contributed by atoms with Crippen LogP contribution in [-0.4, -0.2) is 26.1 Å². The number of hydrogen-bond acceptors (Lipinski definition) is 3. The molecule has 0 heterocycles. The minimum atomic E-state index is -0.0162. The van der Waals surface area contributed by atoms with E-state index >= 15 is 0 Å². The van der Waals surface area contributed by atoms with Gasteiger partial charge in [0.2, 0.25) is 5.91 Å². The minimum Gasteiger partial charge on any atom is -0.493 e. The largest absolute Gasteiger partial charge is 0.493 e. The zero-order valence-corrected chi connectivity index (χ0v) is 10.5. The molecule has 0 spiro atoms. The molecule has 0 saturated heterocycles. The van der Waals surface area contributed by atoms with Crippen LogP contribution in [0, 0.1) is 6.92 Å². The average Bonchev–Trinajstić information content (AvgIpc) is 2.32. The molecule has 4 heteroatoms. The van der Waals surface area contributed by atoms with Crippen LogP contribution in [0.3, 0.4) is 0 Å². The molecule has 0 saturated carbocycles. The molecule has 0 aliphatic heterocycles. The summed E-state index contributed by atoms with van der Waals surface area (Å²) in [5, 5.41) is 2.56. The van der Waals surface area contributed by atoms with Gasteiger partial charge in [-0.05, 0) is 31.5 Å². The maximum Gasteiger partial charge on any atom is 0.223 e. The summed E-state index contributed by atoms with van der Waals surface area (Å²) in [6.07, 6.45) is 1.16. The molecular formula is C13H20N2O2. The number of amides is 1. The van der Waals surface area contributed by atoms with Crippen molar-refractivity contribution in [2.75, 3.05) is 20.2 Å². The molecule has 0 fully saturated rings. The van der Waals surface area contributed by atoms with Gasteiger partial charge in [0.1, 0.15) is 5.75 Å². The fourth-order valence-electron chi connectivity index (χ4n) is 1.58. The predicted octanol–water partition coefficient (Wildman–Crippen LogP) is 1.01. The van der Waals surface area contributed by atoms with Crippen molar-refractivity contribution in [3.63, 3.8) is 0 Å². The van der Waals surface area contributed by atoms with Crippen LogP contribution in [0.5, 0.6) is 5.75 Å². The summed E-state index contributed by atoms with van der Waals surface area (Å²) in [5.74, 6) is 0.808. The lowest BCUT2D eigenvalue weighted by atomic mass is 10.1. The summed E-state index contributed by atoms with van der Waals surface area (Å²) in [7, 11) is 1.62. The lowest BCUT2D eigenvalue weighted by Gasteiger charge is -2.11. The molecule has 0 aliphatic rings. The molecule has 0 atom stereocenters. The van der Waals surface area contributed by atoms with E-state index in [1.807, 2.05) is 19.1 Å². The summed E-state index contributed by atoms with van der Waals surface area (Å²) < 4.78 is 5.60. The van der Waals surface area contributed by atoms with E-state index < -0.39 is 0 Å². The molecule has 0 aliphatic carbocycles. The van der Waals surface area contributed by atoms with Crippen LogP contribution in [0.1, 0.15) is 17.5 Å². The molecule has 1 rings (SSSR count). The Morgan fingerprint density at radius 1 is 1.47 bits per heavy atom. The van der Waals surface area contributed by atoms with Crippen molar-refractivity contribution in [2.45, 2.75) is 19.8 Å². The van der Waals surface area contributed by atoms with Gasteiger partial charge in [-0.15, -0.1) is 0 Å². The molecule has 0 aromatic heterocycles. The topological polar surface area (TPSA) is 64.3 Å². The predicted molar refractivity (Wildman–Crippen MR) is 68.1 cm³/mol. The maximum absolute atomic E-state index is 11.1. The van der Waals surface area contributed by atoms with Gasteiger partial charge in [-0.25, -0.2) is 0 Å². The Hall–Kier alpha value is -1.55. The number of nitrogens with two attached hydrogens (primary N) is 1. The third-order valence-corrected chi connectivity index (χ3v) is 2.50. The molecule has 0 bridgehead atoms. The summed E-state index contributed by atoms with van der Waals surface area (Å²) >= 11 is 0. The zero-order valence-electron chi connectivity index (χ0n) is 10.5. The maximum atomic E-state index is 11.1. The van der Waals surface area contributed by atoms with E-state index in [9.17, 15) is 4.79 Å². The molecule has 3 N–H and O–H groups in total. The van der Waals surface area contributed by atoms with E-state index in [0.29, 0.717) is 19.6 Å². The van der Waals surface area contributed by atoms with Crippen LogP contribution in [0.15, 0.2) is 18.2 Å². The van der Waals surface area contributed by atoms with Crippen molar-refractivity contribution in [1.29, 1.82) is 0 Å². The van der Waals surface area contributed by atoms with E-state index in [1.165, 1.54) is 5.56 Å². The fraction of sp³-hybridized carbons (Fsp3) is 0.462. The summed E-state index contributed by atoms with van der Waals surface area (Å²) in [5.41, 5.74) is 7.85. The van der Waals surface area contributed by atoms with Crippen molar-refractivity contribution in [2.24, 2.45) is 5.73 Å². The van der Waals surface area contributed by atoms with Crippen LogP contribution in [0.2, 0.25) is 0 Å². The summed E-state index contributed by atoms with van der Waals surface area (Å²) in [6, 6.07) is 6.00. The van der Waals surface area contributed by atoms with Crippen molar-refractivity contribution in [1.82, 2.24) is 5.32 Å². The van der Waals surface area contributed by atoms with E-state index in [2.05, 4.69) is 11.4 Å². The molecular weight excluding hydrogens is 216 g/mol. The Morgan fingerprint density at radius 3 is 2.88 bits per heavy atom. The summed E-state index contributed by atoms with van der Waals surface area (Å²) in [4.78, 5) is 11.1. The first-order valence-electron chi connectivity index (χ1n) is 5.80. The number of rotatable bonds is 6. The van der Waals surface area contributed by atoms with Crippen molar-refractivity contribution < 1.29 is 9.53 Å². The highest BCUT2D eigenvalue weighted by Crippen LogP contribution is 2.20. The number of hydrogen-bond donors (Lipinski definition) is 2. The van der Waals surface area contributed by atoms with Gasteiger partial charge in [-0.3, -0.25) is 4.79 Å². The highest BCUT2D eigenvalue weighted by atomic mass is 16.5. The molecule has 4 nitrogen and oxygen atoms in total. The van der Waals surface area contributed by atoms with E-state index in [-0.39, 0.29) is 5.91 Å². The Labute approximate surface area is 102 Å². The number of carbonyl (C=O) groups excluding carboxylic acids is 1. The molecule has 1 amide bonds. The Balaban J connectivity index is 2.60. The number of nitrogens with one attached hydrogen (secondary N) is 1. The number of benzene rings is 1. The smallest absolute Gasteiger partial charge is 0.223 e. The van der Waals surface area contributed by atoms with Crippen LogP contribution in [-0.2, 0) is 11.2 Å². The van der Waals surface area contributed by atoms with Crippen molar-refractivity contribution in [3.05, 3.63) is 29.3 Å². The van der Waals surface area contributed by atoms with Gasteiger partial charge in [-0.1, -0.05) is 17.7 Å². The molecule has 17 heavy (non-hydrogen) atoms. The van der Waals surface area contributed by atoms with Gasteiger partial charge in [0.05, 0.1) is 13.0 Å². The molecule has 94 valence electrons. The highest BCUT2D eigenvalue weighted by Gasteiger charge is 2.04. The Morgan fingerprint density at radius 2 is 2.24 bits per heavy atom. The number of ether oxygens (including phenoxy) is 1. The second kappa shape index (κ2) is 6.91. The first-order valence-corrected chi connectivity index (χ1v) is 5.80. The van der Waals surface area contributed by atoms with Gasteiger partial charge in [0, 0.05) is 7.05 Å². The molecule has 0 unspecified atom stereocenters. The first kappa shape index (κ1) is 13.5. The van der Waals surface area contributed by atoms with Gasteiger partial charge in [-0.2, -0.15) is 0 Å². The van der Waals surface area contributed by atoms with Gasteiger partial charge in [0.25, 0.3) is 0 Å². The third kappa shape index (κ3) is 4.44. The van der Waals surface area contributed by atoms with Gasteiger partial charge >= 0.3 is 0 Å². The average molecular weight is 236 g/mol. The van der Waals surface area contributed by atoms with E-state index in [4.69, 9.17) is 10.5 Å². The second-order valence-corrected chi connectivity index (χ2v) is 3.92. The Bertz CT molecular complexity index is 378. The zero-order chi connectivity index (χ0) is 12.7. The van der Waals surface area contributed by atoms with Gasteiger partial charge < -0.3 is 15.8 Å². The SMILES string of the molecule is CNC(=O)CCOc1ccc(C)cc1CCN. The summed E-state index contributed by atoms with van der Waals surface area (Å²) in [6.45, 7) is 3.02. The monoisotopic (exact) mass is 236 g/mol. The number of aryl methyl sites for hydroxylation is 1. The quantitative estimate of drug-likeness (QED) is 0.775. The number of carbonyl (C=O) groups is 1.